The highest BCUT2D eigenvalue weighted by Crippen LogP contribution is 2.18. The Labute approximate surface area is 123 Å². The quantitative estimate of drug-likeness (QED) is 0.873. The minimum atomic E-state index is -0.759. The molecule has 1 aromatic carbocycles. The molecule has 6 heteroatoms. The molecule has 1 unspecified atom stereocenters. The van der Waals surface area contributed by atoms with Crippen LogP contribution in [0.5, 0.6) is 0 Å². The van der Waals surface area contributed by atoms with Crippen LogP contribution in [0.3, 0.4) is 0 Å². The molecule has 1 fully saturated rings. The van der Waals surface area contributed by atoms with Crippen LogP contribution in [-0.4, -0.2) is 43.0 Å². The van der Waals surface area contributed by atoms with E-state index in [1.54, 1.807) is 0 Å². The van der Waals surface area contributed by atoms with Crippen molar-refractivity contribution < 1.29 is 13.6 Å². The number of nitrogens with one attached hydrogen (secondary N) is 2. The number of likely N-dealkylation sites (N-methyl/N-ethyl adjacent to an activating group) is 1. The number of piperidine rings is 1. The molecule has 0 aliphatic carbocycles. The zero-order chi connectivity index (χ0) is 15.2. The van der Waals surface area contributed by atoms with Gasteiger partial charge in [-0.3, -0.25) is 9.69 Å². The number of carbonyl (C=O) groups is 1. The molecule has 1 aliphatic heterocycles. The molecule has 2 rings (SSSR count). The summed E-state index contributed by atoms with van der Waals surface area (Å²) in [6.45, 7) is 4.68. The van der Waals surface area contributed by atoms with Gasteiger partial charge in [0.25, 0.3) is 0 Å². The zero-order valence-corrected chi connectivity index (χ0v) is 12.2. The van der Waals surface area contributed by atoms with Gasteiger partial charge >= 0.3 is 0 Å². The van der Waals surface area contributed by atoms with E-state index in [0.717, 1.165) is 44.6 Å². The third-order valence-corrected chi connectivity index (χ3v) is 3.77. The van der Waals surface area contributed by atoms with Gasteiger partial charge in [-0.25, -0.2) is 8.78 Å². The summed E-state index contributed by atoms with van der Waals surface area (Å²) in [5, 5.41) is 5.63. The molecule has 2 N–H and O–H groups in total. The van der Waals surface area contributed by atoms with Crippen molar-refractivity contribution in [2.24, 2.45) is 0 Å². The number of anilines is 1. The SMILES string of the molecule is CCN(CC(=O)Nc1c(F)cccc1F)C1CCCNC1. The molecular formula is C15H21F2N3O. The first-order valence-electron chi connectivity index (χ1n) is 7.30. The van der Waals surface area contributed by atoms with Crippen molar-refractivity contribution in [3.63, 3.8) is 0 Å². The Kier molecular flexibility index (Phi) is 5.64. The number of hydrogen-bond acceptors (Lipinski definition) is 3. The van der Waals surface area contributed by atoms with Gasteiger partial charge in [0, 0.05) is 12.6 Å². The summed E-state index contributed by atoms with van der Waals surface area (Å²) in [6.07, 6.45) is 2.10. The Hall–Kier alpha value is -1.53. The lowest BCUT2D eigenvalue weighted by Crippen LogP contribution is -2.48. The monoisotopic (exact) mass is 297 g/mol. The molecule has 1 aliphatic rings. The fourth-order valence-electron chi connectivity index (χ4n) is 2.62. The zero-order valence-electron chi connectivity index (χ0n) is 12.2. The first-order chi connectivity index (χ1) is 10.1. The molecule has 1 atom stereocenters. The second kappa shape index (κ2) is 7.47. The molecule has 1 aromatic rings. The summed E-state index contributed by atoms with van der Waals surface area (Å²) in [6, 6.07) is 3.81. The molecule has 4 nitrogen and oxygen atoms in total. The molecule has 0 bridgehead atoms. The van der Waals surface area contributed by atoms with Crippen molar-refractivity contribution in [1.82, 2.24) is 10.2 Å². The maximum absolute atomic E-state index is 13.5. The van der Waals surface area contributed by atoms with E-state index in [9.17, 15) is 13.6 Å². The summed E-state index contributed by atoms with van der Waals surface area (Å²) >= 11 is 0. The number of halogens is 2. The molecule has 0 saturated carbocycles. The number of para-hydroxylation sites is 1. The molecule has 21 heavy (non-hydrogen) atoms. The van der Waals surface area contributed by atoms with Crippen LogP contribution < -0.4 is 10.6 Å². The molecule has 0 aromatic heterocycles. The molecule has 0 radical (unpaired) electrons. The Bertz CT molecular complexity index is 470. The predicted molar refractivity (Wildman–Crippen MR) is 78.1 cm³/mol. The van der Waals surface area contributed by atoms with Crippen molar-refractivity contribution in [3.8, 4) is 0 Å². The molecule has 0 spiro atoms. The van der Waals surface area contributed by atoms with Gasteiger partial charge in [-0.2, -0.15) is 0 Å². The van der Waals surface area contributed by atoms with Crippen LogP contribution in [-0.2, 0) is 4.79 Å². The highest BCUT2D eigenvalue weighted by atomic mass is 19.1. The number of amides is 1. The van der Waals surface area contributed by atoms with Crippen LogP contribution in [0.25, 0.3) is 0 Å². The van der Waals surface area contributed by atoms with E-state index in [2.05, 4.69) is 10.6 Å². The van der Waals surface area contributed by atoms with Gasteiger partial charge < -0.3 is 10.6 Å². The normalized spacial score (nSPS) is 18.8. The topological polar surface area (TPSA) is 44.4 Å². The van der Waals surface area contributed by atoms with E-state index in [4.69, 9.17) is 0 Å². The average molecular weight is 297 g/mol. The van der Waals surface area contributed by atoms with Crippen LogP contribution >= 0.6 is 0 Å². The molecule has 1 saturated heterocycles. The molecule has 1 amide bonds. The third-order valence-electron chi connectivity index (χ3n) is 3.77. The van der Waals surface area contributed by atoms with E-state index < -0.39 is 17.5 Å². The van der Waals surface area contributed by atoms with E-state index in [0.29, 0.717) is 6.04 Å². The second-order valence-electron chi connectivity index (χ2n) is 5.21. The fourth-order valence-corrected chi connectivity index (χ4v) is 2.62. The van der Waals surface area contributed by atoms with Gasteiger partial charge in [-0.05, 0) is 38.1 Å². The summed E-state index contributed by atoms with van der Waals surface area (Å²) in [5.41, 5.74) is -0.375. The molecule has 116 valence electrons. The van der Waals surface area contributed by atoms with Gasteiger partial charge in [-0.1, -0.05) is 13.0 Å². The van der Waals surface area contributed by atoms with Gasteiger partial charge in [0.1, 0.15) is 17.3 Å². The fraction of sp³-hybridized carbons (Fsp3) is 0.533. The van der Waals surface area contributed by atoms with Gasteiger partial charge in [0.2, 0.25) is 5.91 Å². The van der Waals surface area contributed by atoms with Crippen LogP contribution in [0.4, 0.5) is 14.5 Å². The minimum Gasteiger partial charge on any atom is -0.320 e. The smallest absolute Gasteiger partial charge is 0.238 e. The summed E-state index contributed by atoms with van der Waals surface area (Å²) in [4.78, 5) is 14.1. The standard InChI is InChI=1S/C15H21F2N3O/c1-2-20(11-5-4-8-18-9-11)10-14(21)19-15-12(16)6-3-7-13(15)17/h3,6-7,11,18H,2,4-5,8-10H2,1H3,(H,19,21). The van der Waals surface area contributed by atoms with Crippen molar-refractivity contribution in [1.29, 1.82) is 0 Å². The van der Waals surface area contributed by atoms with Crippen molar-refractivity contribution >= 4 is 11.6 Å². The Morgan fingerprint density at radius 3 is 2.71 bits per heavy atom. The maximum atomic E-state index is 13.5. The Balaban J connectivity index is 1.96. The lowest BCUT2D eigenvalue weighted by atomic mass is 10.1. The number of nitrogens with zero attached hydrogens (tertiary/aromatic N) is 1. The molecule has 1 heterocycles. The highest BCUT2D eigenvalue weighted by Gasteiger charge is 2.22. The Morgan fingerprint density at radius 2 is 2.14 bits per heavy atom. The number of rotatable bonds is 5. The maximum Gasteiger partial charge on any atom is 0.238 e. The first kappa shape index (κ1) is 15.9. The summed E-state index contributed by atoms with van der Waals surface area (Å²) in [7, 11) is 0. The van der Waals surface area contributed by atoms with Gasteiger partial charge in [0.15, 0.2) is 0 Å². The largest absolute Gasteiger partial charge is 0.320 e. The van der Waals surface area contributed by atoms with Crippen LogP contribution in [0.1, 0.15) is 19.8 Å². The second-order valence-corrected chi connectivity index (χ2v) is 5.21. The summed E-state index contributed by atoms with van der Waals surface area (Å²) < 4.78 is 27.0. The van der Waals surface area contributed by atoms with Crippen LogP contribution in [0.2, 0.25) is 0 Å². The number of hydrogen-bond donors (Lipinski definition) is 2. The van der Waals surface area contributed by atoms with Crippen LogP contribution in [0, 0.1) is 11.6 Å². The van der Waals surface area contributed by atoms with E-state index >= 15 is 0 Å². The average Bonchev–Trinajstić information content (AvgIpc) is 2.49. The van der Waals surface area contributed by atoms with Crippen molar-refractivity contribution in [2.45, 2.75) is 25.8 Å². The first-order valence-corrected chi connectivity index (χ1v) is 7.30. The summed E-state index contributed by atoms with van der Waals surface area (Å²) in [5.74, 6) is -1.91. The Morgan fingerprint density at radius 1 is 1.43 bits per heavy atom. The third kappa shape index (κ3) is 4.22. The van der Waals surface area contributed by atoms with Gasteiger partial charge in [0.05, 0.1) is 6.54 Å². The van der Waals surface area contributed by atoms with E-state index in [-0.39, 0.29) is 12.2 Å². The van der Waals surface area contributed by atoms with Gasteiger partial charge in [-0.15, -0.1) is 0 Å². The number of benzene rings is 1. The van der Waals surface area contributed by atoms with Crippen LogP contribution in [0.15, 0.2) is 18.2 Å². The number of carbonyl (C=O) groups excluding carboxylic acids is 1. The lowest BCUT2D eigenvalue weighted by Gasteiger charge is -2.33. The predicted octanol–water partition coefficient (Wildman–Crippen LogP) is 1.98. The van der Waals surface area contributed by atoms with Crippen molar-refractivity contribution in [3.05, 3.63) is 29.8 Å². The minimum absolute atomic E-state index is 0.136. The van der Waals surface area contributed by atoms with E-state index in [1.165, 1.54) is 6.07 Å². The van der Waals surface area contributed by atoms with Crippen molar-refractivity contribution in [2.75, 3.05) is 31.5 Å². The highest BCUT2D eigenvalue weighted by molar-refractivity contribution is 5.92. The lowest BCUT2D eigenvalue weighted by molar-refractivity contribution is -0.118. The molecular weight excluding hydrogens is 276 g/mol. The van der Waals surface area contributed by atoms with E-state index in [1.807, 2.05) is 11.8 Å².